The van der Waals surface area contributed by atoms with Crippen LogP contribution in [0.1, 0.15) is 44.5 Å². The number of aryl methyl sites for hydroxylation is 2. The van der Waals surface area contributed by atoms with Crippen LogP contribution in [-0.4, -0.2) is 15.3 Å². The fraction of sp³-hybridized carbons (Fsp3) is 0.750. The van der Waals surface area contributed by atoms with Gasteiger partial charge in [-0.1, -0.05) is 18.5 Å². The van der Waals surface area contributed by atoms with Crippen molar-refractivity contribution in [1.82, 2.24) is 15.1 Å². The zero-order valence-electron chi connectivity index (χ0n) is 10.3. The van der Waals surface area contributed by atoms with Gasteiger partial charge in [0.1, 0.15) is 0 Å². The first-order valence-electron chi connectivity index (χ1n) is 6.01. The van der Waals surface area contributed by atoms with Crippen LogP contribution < -0.4 is 5.32 Å². The van der Waals surface area contributed by atoms with Crippen LogP contribution >= 0.6 is 11.6 Å². The Labute approximate surface area is 102 Å². The number of hydrogen-bond donors (Lipinski definition) is 1. The molecule has 1 aromatic rings. The molecule has 16 heavy (non-hydrogen) atoms. The Balaban J connectivity index is 2.06. The molecule has 0 amide bonds. The smallest absolute Gasteiger partial charge is 0.0863 e. The summed E-state index contributed by atoms with van der Waals surface area (Å²) in [6.45, 7) is 5.18. The fourth-order valence-electron chi connectivity index (χ4n) is 2.19. The Kier molecular flexibility index (Phi) is 3.27. The highest BCUT2D eigenvalue weighted by molar-refractivity contribution is 6.31. The van der Waals surface area contributed by atoms with Gasteiger partial charge in [-0.2, -0.15) is 5.10 Å². The molecule has 1 aliphatic rings. The number of aromatic nitrogens is 2. The summed E-state index contributed by atoms with van der Waals surface area (Å²) in [5, 5.41) is 8.84. The normalized spacial score (nSPS) is 18.5. The molecule has 3 nitrogen and oxygen atoms in total. The molecule has 1 aromatic heterocycles. The lowest BCUT2D eigenvalue weighted by molar-refractivity contribution is 0.205. The van der Waals surface area contributed by atoms with E-state index in [1.807, 2.05) is 11.7 Å². The second-order valence-electron chi connectivity index (χ2n) is 4.95. The first-order valence-corrected chi connectivity index (χ1v) is 6.39. The van der Waals surface area contributed by atoms with E-state index in [9.17, 15) is 0 Å². The lowest BCUT2D eigenvalue weighted by atomic mass is 9.78. The van der Waals surface area contributed by atoms with Crippen molar-refractivity contribution < 1.29 is 0 Å². The molecule has 0 atom stereocenters. The first kappa shape index (κ1) is 11.9. The van der Waals surface area contributed by atoms with Gasteiger partial charge >= 0.3 is 0 Å². The standard InChI is InChI=1S/C12H20ClN3/c1-4-9-11(13)10(16(3)15-9)8-14-12(2)6-5-7-12/h14H,4-8H2,1-3H3. The maximum atomic E-state index is 6.30. The average Bonchev–Trinajstić information content (AvgIpc) is 2.49. The van der Waals surface area contributed by atoms with E-state index in [4.69, 9.17) is 11.6 Å². The number of nitrogens with zero attached hydrogens (tertiary/aromatic N) is 2. The summed E-state index contributed by atoms with van der Waals surface area (Å²) in [6.07, 6.45) is 4.76. The van der Waals surface area contributed by atoms with Gasteiger partial charge in [0.25, 0.3) is 0 Å². The molecule has 0 aromatic carbocycles. The number of nitrogens with one attached hydrogen (secondary N) is 1. The van der Waals surface area contributed by atoms with Crippen molar-refractivity contribution in [1.29, 1.82) is 0 Å². The van der Waals surface area contributed by atoms with Crippen molar-refractivity contribution in [3.8, 4) is 0 Å². The van der Waals surface area contributed by atoms with Crippen LogP contribution in [0.15, 0.2) is 0 Å². The first-order chi connectivity index (χ1) is 7.56. The van der Waals surface area contributed by atoms with E-state index in [0.29, 0.717) is 5.54 Å². The largest absolute Gasteiger partial charge is 0.306 e. The number of rotatable bonds is 4. The third-order valence-electron chi connectivity index (χ3n) is 3.64. The molecule has 1 aliphatic carbocycles. The van der Waals surface area contributed by atoms with Crippen molar-refractivity contribution >= 4 is 11.6 Å². The van der Waals surface area contributed by atoms with Crippen molar-refractivity contribution in [2.45, 2.75) is 51.6 Å². The minimum atomic E-state index is 0.319. The molecule has 4 heteroatoms. The molecule has 0 unspecified atom stereocenters. The van der Waals surface area contributed by atoms with Gasteiger partial charge in [-0.3, -0.25) is 4.68 Å². The van der Waals surface area contributed by atoms with Gasteiger partial charge in [0, 0.05) is 19.1 Å². The van der Waals surface area contributed by atoms with Crippen LogP contribution in [0.2, 0.25) is 5.02 Å². The zero-order chi connectivity index (χ0) is 11.8. The zero-order valence-corrected chi connectivity index (χ0v) is 11.1. The summed E-state index contributed by atoms with van der Waals surface area (Å²) in [4.78, 5) is 0. The summed E-state index contributed by atoms with van der Waals surface area (Å²) in [6, 6.07) is 0. The van der Waals surface area contributed by atoms with E-state index in [1.54, 1.807) is 0 Å². The maximum Gasteiger partial charge on any atom is 0.0863 e. The number of halogens is 1. The second kappa shape index (κ2) is 4.38. The van der Waals surface area contributed by atoms with Crippen LogP contribution in [0.4, 0.5) is 0 Å². The highest BCUT2D eigenvalue weighted by atomic mass is 35.5. The van der Waals surface area contributed by atoms with Crippen LogP contribution in [-0.2, 0) is 20.0 Å². The van der Waals surface area contributed by atoms with Crippen molar-refractivity contribution in [3.63, 3.8) is 0 Å². The van der Waals surface area contributed by atoms with Crippen molar-refractivity contribution in [2.75, 3.05) is 0 Å². The van der Waals surface area contributed by atoms with Crippen LogP contribution in [0, 0.1) is 0 Å². The van der Waals surface area contributed by atoms with Crippen molar-refractivity contribution in [2.24, 2.45) is 7.05 Å². The Morgan fingerprint density at radius 2 is 2.19 bits per heavy atom. The van der Waals surface area contributed by atoms with Gasteiger partial charge in [-0.25, -0.2) is 0 Å². The fourth-order valence-corrected chi connectivity index (χ4v) is 2.55. The van der Waals surface area contributed by atoms with Gasteiger partial charge < -0.3 is 5.32 Å². The molecule has 0 saturated heterocycles. The lowest BCUT2D eigenvalue weighted by Crippen LogP contribution is -2.47. The highest BCUT2D eigenvalue weighted by Gasteiger charge is 2.31. The van der Waals surface area contributed by atoms with Crippen LogP contribution in [0.25, 0.3) is 0 Å². The molecule has 0 aliphatic heterocycles. The summed E-state index contributed by atoms with van der Waals surface area (Å²) in [7, 11) is 1.96. The average molecular weight is 242 g/mol. The predicted octanol–water partition coefficient (Wildman–Crippen LogP) is 2.67. The predicted molar refractivity (Wildman–Crippen MR) is 66.7 cm³/mol. The molecule has 2 rings (SSSR count). The Morgan fingerprint density at radius 3 is 2.62 bits per heavy atom. The third-order valence-corrected chi connectivity index (χ3v) is 4.08. The molecule has 0 spiro atoms. The summed E-state index contributed by atoms with van der Waals surface area (Å²) in [5.41, 5.74) is 2.42. The molecule has 1 fully saturated rings. The monoisotopic (exact) mass is 241 g/mol. The molecule has 1 N–H and O–H groups in total. The summed E-state index contributed by atoms with van der Waals surface area (Å²) < 4.78 is 1.90. The van der Waals surface area contributed by atoms with Gasteiger partial charge in [0.2, 0.25) is 0 Å². The highest BCUT2D eigenvalue weighted by Crippen LogP contribution is 2.31. The minimum Gasteiger partial charge on any atom is -0.306 e. The van der Waals surface area contributed by atoms with Gasteiger partial charge in [-0.05, 0) is 32.6 Å². The lowest BCUT2D eigenvalue weighted by Gasteiger charge is -2.39. The molecule has 1 saturated carbocycles. The van der Waals surface area contributed by atoms with E-state index in [0.717, 1.165) is 29.4 Å². The van der Waals surface area contributed by atoms with Gasteiger partial charge in [-0.15, -0.1) is 0 Å². The second-order valence-corrected chi connectivity index (χ2v) is 5.33. The quantitative estimate of drug-likeness (QED) is 0.879. The van der Waals surface area contributed by atoms with Crippen LogP contribution in [0.5, 0.6) is 0 Å². The Morgan fingerprint density at radius 1 is 1.50 bits per heavy atom. The maximum absolute atomic E-state index is 6.30. The molecular weight excluding hydrogens is 222 g/mol. The van der Waals surface area contributed by atoms with E-state index in [2.05, 4.69) is 24.3 Å². The Hall–Kier alpha value is -0.540. The van der Waals surface area contributed by atoms with E-state index >= 15 is 0 Å². The molecule has 1 heterocycles. The van der Waals surface area contributed by atoms with E-state index in [1.165, 1.54) is 19.3 Å². The van der Waals surface area contributed by atoms with E-state index < -0.39 is 0 Å². The van der Waals surface area contributed by atoms with Gasteiger partial charge in [0.15, 0.2) is 0 Å². The number of hydrogen-bond acceptors (Lipinski definition) is 2. The summed E-state index contributed by atoms with van der Waals surface area (Å²) >= 11 is 6.30. The molecule has 0 radical (unpaired) electrons. The topological polar surface area (TPSA) is 29.9 Å². The molecule has 0 bridgehead atoms. The molecule has 90 valence electrons. The van der Waals surface area contributed by atoms with Crippen molar-refractivity contribution in [3.05, 3.63) is 16.4 Å². The Bertz CT molecular complexity index is 380. The van der Waals surface area contributed by atoms with Gasteiger partial charge in [0.05, 0.1) is 16.4 Å². The molecular formula is C12H20ClN3. The van der Waals surface area contributed by atoms with E-state index in [-0.39, 0.29) is 0 Å². The van der Waals surface area contributed by atoms with Crippen LogP contribution in [0.3, 0.4) is 0 Å². The summed E-state index contributed by atoms with van der Waals surface area (Å²) in [5.74, 6) is 0. The third kappa shape index (κ3) is 2.11. The minimum absolute atomic E-state index is 0.319. The SMILES string of the molecule is CCc1nn(C)c(CNC2(C)CCC2)c1Cl.